The van der Waals surface area contributed by atoms with Crippen LogP contribution in [-0.4, -0.2) is 17.3 Å². The number of carboxylic acid groups (broad SMARTS) is 1. The van der Waals surface area contributed by atoms with Gasteiger partial charge in [-0.2, -0.15) is 13.2 Å². The monoisotopic (exact) mass is 473 g/mol. The summed E-state index contributed by atoms with van der Waals surface area (Å²) < 4.78 is 50.4. The smallest absolute Gasteiger partial charge is 0.396 e. The summed E-state index contributed by atoms with van der Waals surface area (Å²) in [6, 6.07) is 13.7. The number of alkyl halides is 3. The van der Waals surface area contributed by atoms with E-state index in [0.29, 0.717) is 23.1 Å². The van der Waals surface area contributed by atoms with E-state index in [1.165, 1.54) is 26.0 Å². The van der Waals surface area contributed by atoms with Crippen LogP contribution in [-0.2, 0) is 4.79 Å². The molecule has 2 aromatic carbocycles. The average Bonchev–Trinajstić information content (AvgIpc) is 2.70. The number of hydrogen-bond donors (Lipinski definition) is 3. The van der Waals surface area contributed by atoms with Crippen LogP contribution in [0, 0.1) is 17.3 Å². The van der Waals surface area contributed by atoms with Gasteiger partial charge in [0.1, 0.15) is 16.9 Å². The third kappa shape index (κ3) is 5.37. The molecule has 0 saturated carbocycles. The quantitative estimate of drug-likeness (QED) is 0.358. The van der Waals surface area contributed by atoms with Crippen LogP contribution in [0.3, 0.4) is 0 Å². The highest BCUT2D eigenvalue weighted by Gasteiger charge is 2.62. The molecule has 0 aliphatic rings. The van der Waals surface area contributed by atoms with Gasteiger partial charge in [0, 0.05) is 5.54 Å². The van der Waals surface area contributed by atoms with Gasteiger partial charge in [0.05, 0.1) is 12.0 Å². The van der Waals surface area contributed by atoms with Crippen LogP contribution < -0.4 is 9.46 Å². The Hall–Kier alpha value is -2.16. The van der Waals surface area contributed by atoms with Gasteiger partial charge < -0.3 is 9.84 Å². The van der Waals surface area contributed by atoms with Crippen molar-refractivity contribution in [2.75, 3.05) is 0 Å². The standard InChI is InChI=1S/C22H23ClF3NO3S/c1-14(2)21(20(28)29,18(11-12-23)22(24,25)26)19(27-31)15-7-6-10-17(13-15)30-16-8-4-3-5-9-16/h3-14,18-19,27,31H,1-2H3,(H,28,29). The minimum Gasteiger partial charge on any atom is -0.481 e. The molecule has 2 N–H and O–H groups in total. The van der Waals surface area contributed by atoms with E-state index in [4.69, 9.17) is 16.3 Å². The van der Waals surface area contributed by atoms with E-state index in [1.54, 1.807) is 36.4 Å². The normalized spacial score (nSPS) is 16.1. The Bertz CT molecular complexity index is 908. The molecule has 31 heavy (non-hydrogen) atoms. The van der Waals surface area contributed by atoms with Gasteiger partial charge >= 0.3 is 12.1 Å². The number of ether oxygens (including phenoxy) is 1. The highest BCUT2D eigenvalue weighted by Crippen LogP contribution is 2.54. The molecule has 2 aromatic rings. The second-order valence-corrected chi connectivity index (χ2v) is 7.79. The second-order valence-electron chi connectivity index (χ2n) is 7.28. The Labute approximate surface area is 189 Å². The number of rotatable bonds is 9. The summed E-state index contributed by atoms with van der Waals surface area (Å²) in [5.41, 5.74) is -1.38. The van der Waals surface area contributed by atoms with Crippen LogP contribution in [0.5, 0.6) is 11.5 Å². The van der Waals surface area contributed by atoms with Crippen molar-refractivity contribution in [3.8, 4) is 11.5 Å². The topological polar surface area (TPSA) is 58.6 Å². The summed E-state index contributed by atoms with van der Waals surface area (Å²) in [4.78, 5) is 12.5. The van der Waals surface area contributed by atoms with Crippen molar-refractivity contribution < 1.29 is 27.8 Å². The zero-order valence-electron chi connectivity index (χ0n) is 16.8. The fourth-order valence-electron chi connectivity index (χ4n) is 3.83. The van der Waals surface area contributed by atoms with E-state index in [2.05, 4.69) is 17.5 Å². The molecular weight excluding hydrogens is 451 g/mol. The summed E-state index contributed by atoms with van der Waals surface area (Å²) in [5.74, 6) is -4.08. The lowest BCUT2D eigenvalue weighted by Crippen LogP contribution is -2.54. The van der Waals surface area contributed by atoms with E-state index in [0.717, 1.165) is 0 Å². The zero-order chi connectivity index (χ0) is 23.2. The van der Waals surface area contributed by atoms with Crippen molar-refractivity contribution in [1.29, 1.82) is 0 Å². The van der Waals surface area contributed by atoms with Gasteiger partial charge in [-0.1, -0.05) is 74.7 Å². The number of carbonyl (C=O) groups is 1. The highest BCUT2D eigenvalue weighted by atomic mass is 35.5. The maximum absolute atomic E-state index is 14.1. The first-order valence-corrected chi connectivity index (χ1v) is 10.3. The van der Waals surface area contributed by atoms with Gasteiger partial charge in [-0.15, -0.1) is 0 Å². The molecule has 2 rings (SSSR count). The molecular formula is C22H23ClF3NO3S. The molecule has 9 heteroatoms. The van der Waals surface area contributed by atoms with Crippen LogP contribution >= 0.6 is 24.4 Å². The number of thiol groups is 1. The fourth-order valence-corrected chi connectivity index (χ4v) is 4.33. The van der Waals surface area contributed by atoms with Gasteiger partial charge in [0.15, 0.2) is 0 Å². The SMILES string of the molecule is CC(C)C(C(=O)O)(C(NS)c1cccc(Oc2ccccc2)c1)C(C=CCl)C(F)(F)F. The summed E-state index contributed by atoms with van der Waals surface area (Å²) in [6.07, 6.45) is -4.20. The molecule has 168 valence electrons. The molecule has 3 atom stereocenters. The first-order chi connectivity index (χ1) is 14.6. The number of carboxylic acids is 1. The molecule has 4 nitrogen and oxygen atoms in total. The molecule has 0 aliphatic heterocycles. The summed E-state index contributed by atoms with van der Waals surface area (Å²) in [7, 11) is 0. The molecule has 3 unspecified atom stereocenters. The number of nitrogens with one attached hydrogen (secondary N) is 1. The molecule has 0 spiro atoms. The maximum atomic E-state index is 14.1. The van der Waals surface area contributed by atoms with Gasteiger partial charge in [0.25, 0.3) is 0 Å². The average molecular weight is 474 g/mol. The molecule has 0 heterocycles. The molecule has 0 fully saturated rings. The largest absolute Gasteiger partial charge is 0.481 e. The Morgan fingerprint density at radius 2 is 1.74 bits per heavy atom. The molecule has 0 radical (unpaired) electrons. The number of allylic oxidation sites excluding steroid dienone is 1. The first-order valence-electron chi connectivity index (χ1n) is 9.38. The van der Waals surface area contributed by atoms with Crippen molar-refractivity contribution in [1.82, 2.24) is 4.72 Å². The zero-order valence-corrected chi connectivity index (χ0v) is 18.5. The van der Waals surface area contributed by atoms with Crippen molar-refractivity contribution in [2.24, 2.45) is 17.3 Å². The number of benzene rings is 2. The van der Waals surface area contributed by atoms with Crippen molar-refractivity contribution in [3.63, 3.8) is 0 Å². The number of halogens is 4. The van der Waals surface area contributed by atoms with Crippen LogP contribution in [0.1, 0.15) is 25.5 Å². The summed E-state index contributed by atoms with van der Waals surface area (Å²) >= 11 is 9.52. The Balaban J connectivity index is 2.64. The van der Waals surface area contributed by atoms with E-state index >= 15 is 0 Å². The predicted octanol–water partition coefficient (Wildman–Crippen LogP) is 6.61. The predicted molar refractivity (Wildman–Crippen MR) is 117 cm³/mol. The molecule has 0 saturated heterocycles. The van der Waals surface area contributed by atoms with Gasteiger partial charge in [-0.05, 0) is 35.7 Å². The van der Waals surface area contributed by atoms with Crippen molar-refractivity contribution in [3.05, 3.63) is 71.8 Å². The minimum absolute atomic E-state index is 0.275. The third-order valence-corrected chi connectivity index (χ3v) is 5.64. The molecule has 0 amide bonds. The second kappa shape index (κ2) is 10.4. The van der Waals surface area contributed by atoms with Crippen LogP contribution in [0.4, 0.5) is 13.2 Å². The lowest BCUT2D eigenvalue weighted by molar-refractivity contribution is -0.214. The number of aliphatic carboxylic acids is 1. The highest BCUT2D eigenvalue weighted by molar-refractivity contribution is 7.78. The number of para-hydroxylation sites is 1. The lowest BCUT2D eigenvalue weighted by atomic mass is 9.61. The van der Waals surface area contributed by atoms with E-state index < -0.39 is 35.4 Å². The van der Waals surface area contributed by atoms with E-state index in [1.807, 2.05) is 6.07 Å². The van der Waals surface area contributed by atoms with Crippen LogP contribution in [0.15, 0.2) is 66.2 Å². The minimum atomic E-state index is -4.87. The van der Waals surface area contributed by atoms with E-state index in [-0.39, 0.29) is 5.56 Å². The number of hydrogen-bond acceptors (Lipinski definition) is 4. The lowest BCUT2D eigenvalue weighted by Gasteiger charge is -2.45. The van der Waals surface area contributed by atoms with Crippen molar-refractivity contribution >= 4 is 30.4 Å². The molecule has 0 bridgehead atoms. The first kappa shape index (κ1) is 25.1. The molecule has 0 aliphatic carbocycles. The van der Waals surface area contributed by atoms with Gasteiger partial charge in [-0.25, -0.2) is 0 Å². The van der Waals surface area contributed by atoms with E-state index in [9.17, 15) is 23.1 Å². The maximum Gasteiger partial charge on any atom is 0.396 e. The summed E-state index contributed by atoms with van der Waals surface area (Å²) in [5, 5.41) is 10.1. The third-order valence-electron chi connectivity index (χ3n) is 5.24. The Kier molecular flexibility index (Phi) is 8.45. The summed E-state index contributed by atoms with van der Waals surface area (Å²) in [6.45, 7) is 2.86. The van der Waals surface area contributed by atoms with Crippen molar-refractivity contribution in [2.45, 2.75) is 26.1 Å². The fraction of sp³-hybridized carbons (Fsp3) is 0.318. The van der Waals surface area contributed by atoms with Crippen LogP contribution in [0.25, 0.3) is 0 Å². The van der Waals surface area contributed by atoms with Gasteiger partial charge in [-0.3, -0.25) is 9.52 Å². The van der Waals surface area contributed by atoms with Crippen LogP contribution in [0.2, 0.25) is 0 Å². The Morgan fingerprint density at radius 1 is 1.13 bits per heavy atom. The Morgan fingerprint density at radius 3 is 2.23 bits per heavy atom. The van der Waals surface area contributed by atoms with Gasteiger partial charge in [0.2, 0.25) is 0 Å². The molecule has 0 aromatic heterocycles.